The van der Waals surface area contributed by atoms with Crippen molar-refractivity contribution in [3.8, 4) is 0 Å². The number of carbonyl (C=O) groups excluding carboxylic acids is 3. The fraction of sp³-hybridized carbons (Fsp3) is 0.692. The zero-order valence-electron chi connectivity index (χ0n) is 13.2. The molecule has 0 saturated heterocycles. The molecule has 130 valence electrons. The van der Waals surface area contributed by atoms with Gasteiger partial charge in [-0.1, -0.05) is 6.42 Å². The van der Waals surface area contributed by atoms with E-state index in [9.17, 15) is 14.4 Å². The number of primary amides is 1. The Bertz CT molecular complexity index is 494. The number of hydrogen-bond donors (Lipinski definition) is 6. The number of urea groups is 1. The molecular weight excluding hydrogens is 302 g/mol. The first kappa shape index (κ1) is 18.8. The van der Waals surface area contributed by atoms with E-state index in [2.05, 4.69) is 20.9 Å². The highest BCUT2D eigenvalue weighted by Gasteiger charge is 2.38. The molecular formula is C13H25N7O3. The van der Waals surface area contributed by atoms with Crippen LogP contribution in [0.25, 0.3) is 0 Å². The second kappa shape index (κ2) is 8.44. The van der Waals surface area contributed by atoms with E-state index in [0.29, 0.717) is 13.0 Å². The third-order valence-corrected chi connectivity index (χ3v) is 3.42. The molecule has 10 nitrogen and oxygen atoms in total. The van der Waals surface area contributed by atoms with Gasteiger partial charge in [-0.25, -0.2) is 9.79 Å². The highest BCUT2D eigenvalue weighted by atomic mass is 16.2. The average molecular weight is 327 g/mol. The van der Waals surface area contributed by atoms with Crippen LogP contribution in [-0.4, -0.2) is 48.5 Å². The molecule has 0 aromatic heterocycles. The minimum atomic E-state index is -1.20. The summed E-state index contributed by atoms with van der Waals surface area (Å²) in [4.78, 5) is 38.8. The van der Waals surface area contributed by atoms with E-state index >= 15 is 0 Å². The van der Waals surface area contributed by atoms with Crippen molar-refractivity contribution in [3.63, 3.8) is 0 Å². The van der Waals surface area contributed by atoms with Crippen molar-refractivity contribution in [2.24, 2.45) is 22.2 Å². The average Bonchev–Trinajstić information content (AvgIpc) is 2.43. The largest absolute Gasteiger partial charge is 0.351 e. The maximum absolute atomic E-state index is 12.1. The smallest absolute Gasteiger partial charge is 0.318 e. The maximum Gasteiger partial charge on any atom is 0.318 e. The summed E-state index contributed by atoms with van der Waals surface area (Å²) in [6.45, 7) is 2.13. The third-order valence-electron chi connectivity index (χ3n) is 3.42. The summed E-state index contributed by atoms with van der Waals surface area (Å²) in [6, 6.07) is -1.12. The molecule has 0 radical (unpaired) electrons. The molecule has 0 aliphatic carbocycles. The summed E-state index contributed by atoms with van der Waals surface area (Å²) >= 11 is 0. The normalized spacial score (nSPS) is 21.9. The van der Waals surface area contributed by atoms with Gasteiger partial charge in [-0.3, -0.25) is 20.2 Å². The van der Waals surface area contributed by atoms with Gasteiger partial charge in [0.1, 0.15) is 5.54 Å². The summed E-state index contributed by atoms with van der Waals surface area (Å²) in [5, 5.41) is 7.19. The molecule has 1 heterocycles. The second-order valence-corrected chi connectivity index (χ2v) is 5.74. The van der Waals surface area contributed by atoms with E-state index in [4.69, 9.17) is 17.2 Å². The molecule has 4 amide bonds. The Morgan fingerprint density at radius 1 is 1.43 bits per heavy atom. The molecule has 1 aliphatic heterocycles. The Morgan fingerprint density at radius 2 is 2.13 bits per heavy atom. The number of unbranched alkanes of at least 4 members (excludes halogenated alkanes) is 1. The maximum atomic E-state index is 12.1. The monoisotopic (exact) mass is 327 g/mol. The Morgan fingerprint density at radius 3 is 2.70 bits per heavy atom. The van der Waals surface area contributed by atoms with Gasteiger partial charge in [-0.15, -0.1) is 0 Å². The lowest BCUT2D eigenvalue weighted by Crippen LogP contribution is -2.65. The highest BCUT2D eigenvalue weighted by Crippen LogP contribution is 2.10. The van der Waals surface area contributed by atoms with E-state index in [-0.39, 0.29) is 30.9 Å². The van der Waals surface area contributed by atoms with E-state index in [1.807, 2.05) is 0 Å². The predicted octanol–water partition coefficient (Wildman–Crippen LogP) is -2.14. The Kier molecular flexibility index (Phi) is 6.91. The van der Waals surface area contributed by atoms with Crippen molar-refractivity contribution in [3.05, 3.63) is 0 Å². The first-order valence-corrected chi connectivity index (χ1v) is 7.46. The van der Waals surface area contributed by atoms with Gasteiger partial charge in [0.05, 0.1) is 6.54 Å². The van der Waals surface area contributed by atoms with Crippen LogP contribution in [0.1, 0.15) is 32.6 Å². The van der Waals surface area contributed by atoms with Crippen LogP contribution in [-0.2, 0) is 9.59 Å². The first-order chi connectivity index (χ1) is 10.8. The number of guanidine groups is 1. The fourth-order valence-electron chi connectivity index (χ4n) is 2.13. The van der Waals surface area contributed by atoms with Crippen molar-refractivity contribution in [1.82, 2.24) is 16.0 Å². The summed E-state index contributed by atoms with van der Waals surface area (Å²) in [7, 11) is 0. The molecule has 0 spiro atoms. The molecule has 0 saturated carbocycles. The Hall–Kier alpha value is -2.20. The summed E-state index contributed by atoms with van der Waals surface area (Å²) in [6.07, 6.45) is 2.52. The standard InChI is InChI=1S/C13H25N7O3/c1-13(7-17-12(18-10(13)22)19-11(16)23)20-9(21)6-8(15)4-2-3-5-14/h8H,2-7,14-15H2,1H3,(H,20,21)(H4,16,17,18,19,22,23)/t8-,13+/m0/s1. The van der Waals surface area contributed by atoms with Crippen molar-refractivity contribution in [1.29, 1.82) is 0 Å². The van der Waals surface area contributed by atoms with E-state index in [0.717, 1.165) is 12.8 Å². The van der Waals surface area contributed by atoms with Gasteiger partial charge in [-0.05, 0) is 26.3 Å². The van der Waals surface area contributed by atoms with Gasteiger partial charge >= 0.3 is 6.03 Å². The minimum Gasteiger partial charge on any atom is -0.351 e. The van der Waals surface area contributed by atoms with E-state index < -0.39 is 17.5 Å². The van der Waals surface area contributed by atoms with Crippen molar-refractivity contribution in [2.75, 3.05) is 13.1 Å². The highest BCUT2D eigenvalue weighted by molar-refractivity contribution is 6.08. The van der Waals surface area contributed by atoms with E-state index in [1.54, 1.807) is 6.92 Å². The topological polar surface area (TPSA) is 178 Å². The van der Waals surface area contributed by atoms with Gasteiger partial charge in [0, 0.05) is 12.5 Å². The van der Waals surface area contributed by atoms with Gasteiger partial charge in [-0.2, -0.15) is 0 Å². The van der Waals surface area contributed by atoms with Gasteiger partial charge in [0.15, 0.2) is 0 Å². The number of aliphatic imine (C=N–C) groups is 1. The number of rotatable bonds is 7. The molecule has 0 aromatic carbocycles. The first-order valence-electron chi connectivity index (χ1n) is 7.46. The molecule has 0 fully saturated rings. The van der Waals surface area contributed by atoms with Crippen molar-refractivity contribution >= 4 is 23.8 Å². The number of hydrogen-bond acceptors (Lipinski definition) is 6. The summed E-state index contributed by atoms with van der Waals surface area (Å²) < 4.78 is 0. The minimum absolute atomic E-state index is 0.0113. The Labute approximate surface area is 134 Å². The molecule has 9 N–H and O–H groups in total. The lowest BCUT2D eigenvalue weighted by atomic mass is 9.99. The fourth-order valence-corrected chi connectivity index (χ4v) is 2.13. The molecule has 0 unspecified atom stereocenters. The zero-order chi connectivity index (χ0) is 17.5. The van der Waals surface area contributed by atoms with Gasteiger partial charge < -0.3 is 22.5 Å². The van der Waals surface area contributed by atoms with Crippen LogP contribution in [0.5, 0.6) is 0 Å². The van der Waals surface area contributed by atoms with Crippen LogP contribution >= 0.6 is 0 Å². The molecule has 1 rings (SSSR count). The van der Waals surface area contributed by atoms with Crippen LogP contribution < -0.4 is 33.2 Å². The van der Waals surface area contributed by atoms with Crippen molar-refractivity contribution < 1.29 is 14.4 Å². The van der Waals surface area contributed by atoms with Crippen molar-refractivity contribution in [2.45, 2.75) is 44.2 Å². The van der Waals surface area contributed by atoms with Gasteiger partial charge in [0.25, 0.3) is 5.91 Å². The second-order valence-electron chi connectivity index (χ2n) is 5.74. The number of nitrogens with two attached hydrogens (primary N) is 3. The zero-order valence-corrected chi connectivity index (χ0v) is 13.2. The van der Waals surface area contributed by atoms with Crippen LogP contribution in [0.3, 0.4) is 0 Å². The molecule has 23 heavy (non-hydrogen) atoms. The number of nitrogens with one attached hydrogen (secondary N) is 3. The molecule has 2 atom stereocenters. The summed E-state index contributed by atoms with van der Waals surface area (Å²) in [5.74, 6) is -0.849. The molecule has 1 aliphatic rings. The number of carbonyl (C=O) groups is 3. The van der Waals surface area contributed by atoms with Gasteiger partial charge in [0.2, 0.25) is 11.9 Å². The van der Waals surface area contributed by atoms with Crippen LogP contribution in [0.15, 0.2) is 4.99 Å². The summed E-state index contributed by atoms with van der Waals surface area (Å²) in [5.41, 5.74) is 15.0. The molecule has 10 heteroatoms. The van der Waals surface area contributed by atoms with Crippen LogP contribution in [0, 0.1) is 0 Å². The lowest BCUT2D eigenvalue weighted by Gasteiger charge is -2.32. The lowest BCUT2D eigenvalue weighted by molar-refractivity contribution is -0.132. The third kappa shape index (κ3) is 6.20. The number of nitrogens with zero attached hydrogens (tertiary/aromatic N) is 1. The SMILES string of the molecule is C[C@@]1(NC(=O)C[C@@H](N)CCCCN)CN=C(NC(N)=O)NC1=O. The van der Waals surface area contributed by atoms with Crippen LogP contribution in [0.4, 0.5) is 4.79 Å². The van der Waals surface area contributed by atoms with E-state index in [1.165, 1.54) is 0 Å². The Balaban J connectivity index is 2.52. The molecule has 0 bridgehead atoms. The quantitative estimate of drug-likeness (QED) is 0.292. The number of amides is 4. The predicted molar refractivity (Wildman–Crippen MR) is 85.2 cm³/mol. The van der Waals surface area contributed by atoms with Crippen LogP contribution in [0.2, 0.25) is 0 Å². The molecule has 0 aromatic rings.